The lowest BCUT2D eigenvalue weighted by atomic mass is 10.4. The Kier molecular flexibility index (Phi) is 4.27. The highest BCUT2D eigenvalue weighted by Gasteiger charge is 2.11. The maximum Gasteiger partial charge on any atom is 0.321 e. The second kappa shape index (κ2) is 6.12. The van der Waals surface area contributed by atoms with Crippen LogP contribution in [0.4, 0.5) is 5.95 Å². The molecular formula is C12H18N6O. The number of ether oxygens (including phenoxy) is 1. The summed E-state index contributed by atoms with van der Waals surface area (Å²) in [5, 5.41) is 4.24. The van der Waals surface area contributed by atoms with Crippen molar-refractivity contribution in [2.45, 2.75) is 33.2 Å². The van der Waals surface area contributed by atoms with E-state index in [1.54, 1.807) is 6.20 Å². The molecule has 0 aromatic carbocycles. The Balaban J connectivity index is 2.32. The molecule has 102 valence electrons. The van der Waals surface area contributed by atoms with Crippen LogP contribution in [0, 0.1) is 0 Å². The van der Waals surface area contributed by atoms with Crippen molar-refractivity contribution in [3.8, 4) is 17.5 Å². The summed E-state index contributed by atoms with van der Waals surface area (Å²) >= 11 is 0. The minimum absolute atomic E-state index is 0.153. The molecule has 0 saturated heterocycles. The molecule has 2 heterocycles. The third kappa shape index (κ3) is 3.18. The molecule has 0 spiro atoms. The van der Waals surface area contributed by atoms with Gasteiger partial charge >= 0.3 is 6.01 Å². The standard InChI is InChI=1S/C12H18N6O/c1-3-7-18-9(5-6-14-18)10-15-11(13)17-12(16-10)19-8-4-2/h5-6H,3-4,7-8H2,1-2H3,(H2,13,15,16,17). The quantitative estimate of drug-likeness (QED) is 0.848. The molecule has 0 unspecified atom stereocenters. The highest BCUT2D eigenvalue weighted by Crippen LogP contribution is 2.17. The summed E-state index contributed by atoms with van der Waals surface area (Å²) in [6.45, 7) is 5.46. The number of rotatable bonds is 6. The largest absolute Gasteiger partial charge is 0.463 e. The molecule has 19 heavy (non-hydrogen) atoms. The zero-order valence-electron chi connectivity index (χ0n) is 11.2. The van der Waals surface area contributed by atoms with Gasteiger partial charge in [0.15, 0.2) is 5.82 Å². The van der Waals surface area contributed by atoms with Crippen LogP contribution in [-0.4, -0.2) is 31.3 Å². The second-order valence-electron chi connectivity index (χ2n) is 4.09. The van der Waals surface area contributed by atoms with E-state index in [-0.39, 0.29) is 12.0 Å². The van der Waals surface area contributed by atoms with Crippen LogP contribution in [0.1, 0.15) is 26.7 Å². The maximum absolute atomic E-state index is 5.69. The molecule has 7 nitrogen and oxygen atoms in total. The lowest BCUT2D eigenvalue weighted by Gasteiger charge is -2.07. The van der Waals surface area contributed by atoms with E-state index in [0.29, 0.717) is 12.4 Å². The van der Waals surface area contributed by atoms with Crippen LogP contribution < -0.4 is 10.5 Å². The molecule has 0 fully saturated rings. The van der Waals surface area contributed by atoms with Gasteiger partial charge in [-0.05, 0) is 18.9 Å². The monoisotopic (exact) mass is 262 g/mol. The van der Waals surface area contributed by atoms with Crippen molar-refractivity contribution >= 4 is 5.95 Å². The molecule has 0 aliphatic rings. The molecule has 0 bridgehead atoms. The Morgan fingerprint density at radius 1 is 1.21 bits per heavy atom. The molecule has 0 radical (unpaired) electrons. The zero-order valence-corrected chi connectivity index (χ0v) is 11.2. The van der Waals surface area contributed by atoms with Crippen molar-refractivity contribution in [2.75, 3.05) is 12.3 Å². The summed E-state index contributed by atoms with van der Waals surface area (Å²) in [5.74, 6) is 0.643. The number of aromatic nitrogens is 5. The molecule has 0 atom stereocenters. The molecule has 0 aliphatic heterocycles. The van der Waals surface area contributed by atoms with Crippen molar-refractivity contribution < 1.29 is 4.74 Å². The van der Waals surface area contributed by atoms with Crippen molar-refractivity contribution in [1.29, 1.82) is 0 Å². The third-order valence-corrected chi connectivity index (χ3v) is 2.45. The fourth-order valence-corrected chi connectivity index (χ4v) is 1.66. The van der Waals surface area contributed by atoms with Gasteiger partial charge in [-0.15, -0.1) is 0 Å². The van der Waals surface area contributed by atoms with Gasteiger partial charge in [-0.25, -0.2) is 0 Å². The van der Waals surface area contributed by atoms with E-state index in [2.05, 4.69) is 27.0 Å². The lowest BCUT2D eigenvalue weighted by molar-refractivity contribution is 0.292. The zero-order chi connectivity index (χ0) is 13.7. The first-order valence-electron chi connectivity index (χ1n) is 6.41. The highest BCUT2D eigenvalue weighted by molar-refractivity contribution is 5.50. The Bertz CT molecular complexity index is 539. The van der Waals surface area contributed by atoms with Gasteiger partial charge in [-0.2, -0.15) is 20.1 Å². The fraction of sp³-hybridized carbons (Fsp3) is 0.500. The molecule has 2 aromatic heterocycles. The fourth-order valence-electron chi connectivity index (χ4n) is 1.66. The molecule has 0 amide bonds. The van der Waals surface area contributed by atoms with Crippen LogP contribution in [0.3, 0.4) is 0 Å². The van der Waals surface area contributed by atoms with Crippen LogP contribution in [0.5, 0.6) is 6.01 Å². The van der Waals surface area contributed by atoms with E-state index < -0.39 is 0 Å². The van der Waals surface area contributed by atoms with Crippen molar-refractivity contribution in [3.05, 3.63) is 12.3 Å². The first kappa shape index (κ1) is 13.3. The minimum atomic E-state index is 0.153. The minimum Gasteiger partial charge on any atom is -0.463 e. The number of aryl methyl sites for hydroxylation is 1. The number of anilines is 1. The van der Waals surface area contributed by atoms with E-state index in [4.69, 9.17) is 10.5 Å². The van der Waals surface area contributed by atoms with Crippen LogP contribution in [0.2, 0.25) is 0 Å². The summed E-state index contributed by atoms with van der Waals surface area (Å²) < 4.78 is 7.25. The molecule has 0 saturated carbocycles. The number of nitrogen functional groups attached to an aromatic ring is 1. The summed E-state index contributed by atoms with van der Waals surface area (Å²) in [7, 11) is 0. The number of hydrogen-bond donors (Lipinski definition) is 1. The molecular weight excluding hydrogens is 244 g/mol. The van der Waals surface area contributed by atoms with Gasteiger partial charge in [0.25, 0.3) is 0 Å². The molecule has 2 rings (SSSR count). The van der Waals surface area contributed by atoms with Gasteiger partial charge < -0.3 is 10.5 Å². The third-order valence-electron chi connectivity index (χ3n) is 2.45. The van der Waals surface area contributed by atoms with Crippen LogP contribution in [-0.2, 0) is 6.54 Å². The number of nitrogens with two attached hydrogens (primary N) is 1. The van der Waals surface area contributed by atoms with Gasteiger partial charge in [0.2, 0.25) is 5.95 Å². The Morgan fingerprint density at radius 2 is 2.05 bits per heavy atom. The number of hydrogen-bond acceptors (Lipinski definition) is 6. The van der Waals surface area contributed by atoms with E-state index >= 15 is 0 Å². The molecule has 7 heteroatoms. The average Bonchev–Trinajstić information content (AvgIpc) is 2.84. The molecule has 2 N–H and O–H groups in total. The van der Waals surface area contributed by atoms with Gasteiger partial charge in [0.1, 0.15) is 5.69 Å². The molecule has 0 aliphatic carbocycles. The van der Waals surface area contributed by atoms with E-state index in [0.717, 1.165) is 25.1 Å². The Labute approximate surface area is 111 Å². The van der Waals surface area contributed by atoms with Gasteiger partial charge in [0, 0.05) is 12.7 Å². The smallest absolute Gasteiger partial charge is 0.321 e. The van der Waals surface area contributed by atoms with E-state index in [9.17, 15) is 0 Å². The Morgan fingerprint density at radius 3 is 2.79 bits per heavy atom. The predicted octanol–water partition coefficient (Wildman–Crippen LogP) is 1.52. The van der Waals surface area contributed by atoms with Crippen molar-refractivity contribution in [2.24, 2.45) is 0 Å². The van der Waals surface area contributed by atoms with Gasteiger partial charge in [0.05, 0.1) is 6.61 Å². The first-order valence-corrected chi connectivity index (χ1v) is 6.41. The van der Waals surface area contributed by atoms with Crippen LogP contribution >= 0.6 is 0 Å². The SMILES string of the molecule is CCCOc1nc(N)nc(-c2ccnn2CCC)n1. The van der Waals surface area contributed by atoms with Gasteiger partial charge in [-0.1, -0.05) is 13.8 Å². The normalized spacial score (nSPS) is 10.6. The number of nitrogens with zero attached hydrogens (tertiary/aromatic N) is 5. The lowest BCUT2D eigenvalue weighted by Crippen LogP contribution is -2.08. The average molecular weight is 262 g/mol. The topological polar surface area (TPSA) is 91.7 Å². The van der Waals surface area contributed by atoms with Crippen LogP contribution in [0.15, 0.2) is 12.3 Å². The van der Waals surface area contributed by atoms with Gasteiger partial charge in [-0.3, -0.25) is 4.68 Å². The van der Waals surface area contributed by atoms with E-state index in [1.807, 2.05) is 17.7 Å². The highest BCUT2D eigenvalue weighted by atomic mass is 16.5. The van der Waals surface area contributed by atoms with Crippen LogP contribution in [0.25, 0.3) is 11.5 Å². The summed E-state index contributed by atoms with van der Waals surface area (Å²) in [6, 6.07) is 2.11. The first-order chi connectivity index (χ1) is 9.24. The summed E-state index contributed by atoms with van der Waals surface area (Å²) in [4.78, 5) is 12.4. The second-order valence-corrected chi connectivity index (χ2v) is 4.09. The van der Waals surface area contributed by atoms with E-state index in [1.165, 1.54) is 0 Å². The Hall–Kier alpha value is -2.18. The summed E-state index contributed by atoms with van der Waals surface area (Å²) in [6.07, 6.45) is 3.58. The maximum atomic E-state index is 5.69. The molecule has 2 aromatic rings. The predicted molar refractivity (Wildman–Crippen MR) is 71.5 cm³/mol. The summed E-state index contributed by atoms with van der Waals surface area (Å²) in [5.41, 5.74) is 6.51. The van der Waals surface area contributed by atoms with Crippen molar-refractivity contribution in [1.82, 2.24) is 24.7 Å². The van der Waals surface area contributed by atoms with Crippen molar-refractivity contribution in [3.63, 3.8) is 0 Å².